The zero-order valence-corrected chi connectivity index (χ0v) is 8.67. The van der Waals surface area contributed by atoms with Crippen molar-refractivity contribution in [2.24, 2.45) is 0 Å². The molecule has 0 saturated heterocycles. The van der Waals surface area contributed by atoms with Gasteiger partial charge >= 0.3 is 0 Å². The van der Waals surface area contributed by atoms with Crippen LogP contribution in [0.1, 0.15) is 5.76 Å². The molecule has 0 saturated carbocycles. The van der Waals surface area contributed by atoms with E-state index in [2.05, 4.69) is 0 Å². The first-order valence-corrected chi connectivity index (χ1v) is 5.18. The summed E-state index contributed by atoms with van der Waals surface area (Å²) >= 11 is 1.72. The van der Waals surface area contributed by atoms with E-state index in [9.17, 15) is 0 Å². The van der Waals surface area contributed by atoms with E-state index in [4.69, 9.17) is 13.9 Å². The molecule has 0 aliphatic rings. The quantitative estimate of drug-likeness (QED) is 0.661. The molecule has 4 heteroatoms. The van der Waals surface area contributed by atoms with Gasteiger partial charge in [0.2, 0.25) is 0 Å². The SMILES string of the molecule is COC(CSCc1ccco1)OC. The van der Waals surface area contributed by atoms with Crippen molar-refractivity contribution < 1.29 is 13.9 Å². The van der Waals surface area contributed by atoms with Crippen LogP contribution in [0.15, 0.2) is 22.8 Å². The normalized spacial score (nSPS) is 11.0. The van der Waals surface area contributed by atoms with Crippen molar-refractivity contribution >= 4 is 11.8 Å². The van der Waals surface area contributed by atoms with E-state index in [0.29, 0.717) is 0 Å². The lowest BCUT2D eigenvalue weighted by atomic mass is 10.5. The van der Waals surface area contributed by atoms with Crippen LogP contribution in [0.2, 0.25) is 0 Å². The Morgan fingerprint density at radius 3 is 2.77 bits per heavy atom. The number of hydrogen-bond donors (Lipinski definition) is 0. The van der Waals surface area contributed by atoms with E-state index in [-0.39, 0.29) is 6.29 Å². The van der Waals surface area contributed by atoms with Gasteiger partial charge in [-0.2, -0.15) is 0 Å². The average molecular weight is 202 g/mol. The summed E-state index contributed by atoms with van der Waals surface area (Å²) in [4.78, 5) is 0. The molecule has 1 aromatic rings. The summed E-state index contributed by atoms with van der Waals surface area (Å²) in [6.45, 7) is 0. The van der Waals surface area contributed by atoms with Crippen LogP contribution in [-0.4, -0.2) is 26.3 Å². The first-order valence-electron chi connectivity index (χ1n) is 4.02. The van der Waals surface area contributed by atoms with Crippen LogP contribution >= 0.6 is 11.8 Å². The zero-order valence-electron chi connectivity index (χ0n) is 7.86. The molecule has 0 aromatic carbocycles. The van der Waals surface area contributed by atoms with Crippen LogP contribution in [-0.2, 0) is 15.2 Å². The zero-order chi connectivity index (χ0) is 9.52. The van der Waals surface area contributed by atoms with Crippen LogP contribution in [0, 0.1) is 0 Å². The Kier molecular flexibility index (Phi) is 4.97. The van der Waals surface area contributed by atoms with E-state index in [1.807, 2.05) is 12.1 Å². The van der Waals surface area contributed by atoms with Gasteiger partial charge in [0.15, 0.2) is 6.29 Å². The van der Waals surface area contributed by atoms with E-state index in [1.54, 1.807) is 32.2 Å². The molecule has 0 fully saturated rings. The second-order valence-electron chi connectivity index (χ2n) is 2.50. The van der Waals surface area contributed by atoms with E-state index < -0.39 is 0 Å². The van der Waals surface area contributed by atoms with Gasteiger partial charge in [-0.15, -0.1) is 11.8 Å². The number of rotatable bonds is 6. The molecular formula is C9H14O3S. The first kappa shape index (κ1) is 10.6. The van der Waals surface area contributed by atoms with Gasteiger partial charge in [0.1, 0.15) is 5.76 Å². The highest BCUT2D eigenvalue weighted by atomic mass is 32.2. The molecule has 0 aliphatic heterocycles. The van der Waals surface area contributed by atoms with Gasteiger partial charge in [0.25, 0.3) is 0 Å². The van der Waals surface area contributed by atoms with Crippen LogP contribution in [0.4, 0.5) is 0 Å². The highest BCUT2D eigenvalue weighted by Gasteiger charge is 2.05. The average Bonchev–Trinajstić information content (AvgIpc) is 2.65. The molecule has 0 aliphatic carbocycles. The third kappa shape index (κ3) is 3.85. The van der Waals surface area contributed by atoms with Crippen LogP contribution in [0.3, 0.4) is 0 Å². The molecule has 0 radical (unpaired) electrons. The topological polar surface area (TPSA) is 31.6 Å². The maximum absolute atomic E-state index is 5.18. The lowest BCUT2D eigenvalue weighted by molar-refractivity contribution is -0.0842. The summed E-state index contributed by atoms with van der Waals surface area (Å²) in [6, 6.07) is 3.85. The van der Waals surface area contributed by atoms with Gasteiger partial charge in [-0.05, 0) is 12.1 Å². The minimum atomic E-state index is -0.125. The third-order valence-electron chi connectivity index (χ3n) is 1.60. The summed E-state index contributed by atoms with van der Waals surface area (Å²) in [5, 5.41) is 0. The van der Waals surface area contributed by atoms with E-state index in [0.717, 1.165) is 17.3 Å². The Morgan fingerprint density at radius 1 is 1.46 bits per heavy atom. The summed E-state index contributed by atoms with van der Waals surface area (Å²) < 4.78 is 15.3. The Morgan fingerprint density at radius 2 is 2.23 bits per heavy atom. The predicted octanol–water partition coefficient (Wildman–Crippen LogP) is 2.13. The highest BCUT2D eigenvalue weighted by Crippen LogP contribution is 2.14. The molecule has 0 atom stereocenters. The van der Waals surface area contributed by atoms with Crippen molar-refractivity contribution in [1.29, 1.82) is 0 Å². The lowest BCUT2D eigenvalue weighted by Gasteiger charge is -2.11. The first-order chi connectivity index (χ1) is 6.36. The molecule has 0 unspecified atom stereocenters. The van der Waals surface area contributed by atoms with Gasteiger partial charge in [0.05, 0.1) is 12.0 Å². The standard InChI is InChI=1S/C9H14O3S/c1-10-9(11-2)7-13-6-8-4-3-5-12-8/h3-5,9H,6-7H2,1-2H3. The van der Waals surface area contributed by atoms with Crippen LogP contribution in [0.25, 0.3) is 0 Å². The largest absolute Gasteiger partial charge is 0.468 e. The van der Waals surface area contributed by atoms with Crippen LogP contribution < -0.4 is 0 Å². The number of furan rings is 1. The molecule has 0 amide bonds. The van der Waals surface area contributed by atoms with Crippen molar-refractivity contribution in [3.05, 3.63) is 24.2 Å². The van der Waals surface area contributed by atoms with Crippen molar-refractivity contribution in [3.63, 3.8) is 0 Å². The summed E-state index contributed by atoms with van der Waals surface area (Å²) in [7, 11) is 3.28. The Balaban J connectivity index is 2.13. The fourth-order valence-corrected chi connectivity index (χ4v) is 1.83. The second kappa shape index (κ2) is 6.07. The summed E-state index contributed by atoms with van der Waals surface area (Å²) in [6.07, 6.45) is 1.56. The van der Waals surface area contributed by atoms with Gasteiger partial charge in [-0.25, -0.2) is 0 Å². The van der Waals surface area contributed by atoms with E-state index >= 15 is 0 Å². The highest BCUT2D eigenvalue weighted by molar-refractivity contribution is 7.98. The number of ether oxygens (including phenoxy) is 2. The Hall–Kier alpha value is -0.450. The molecule has 1 heterocycles. The fraction of sp³-hybridized carbons (Fsp3) is 0.556. The third-order valence-corrected chi connectivity index (χ3v) is 2.60. The van der Waals surface area contributed by atoms with Gasteiger partial charge in [-0.1, -0.05) is 0 Å². The molecule has 1 rings (SSSR count). The Bertz CT molecular complexity index is 207. The van der Waals surface area contributed by atoms with Crippen molar-refractivity contribution in [1.82, 2.24) is 0 Å². The fourth-order valence-electron chi connectivity index (χ4n) is 0.883. The molecule has 3 nitrogen and oxygen atoms in total. The van der Waals surface area contributed by atoms with Crippen molar-refractivity contribution in [2.45, 2.75) is 12.0 Å². The molecule has 0 N–H and O–H groups in total. The van der Waals surface area contributed by atoms with Gasteiger partial charge < -0.3 is 13.9 Å². The minimum Gasteiger partial charge on any atom is -0.468 e. The number of methoxy groups -OCH3 is 2. The summed E-state index contributed by atoms with van der Waals surface area (Å²) in [5.74, 6) is 2.65. The minimum absolute atomic E-state index is 0.125. The molecule has 74 valence electrons. The second-order valence-corrected chi connectivity index (χ2v) is 3.53. The molecule has 0 spiro atoms. The molecule has 0 bridgehead atoms. The predicted molar refractivity (Wildman–Crippen MR) is 52.7 cm³/mol. The monoisotopic (exact) mass is 202 g/mol. The van der Waals surface area contributed by atoms with Crippen molar-refractivity contribution in [2.75, 3.05) is 20.0 Å². The van der Waals surface area contributed by atoms with Gasteiger partial charge in [0, 0.05) is 20.0 Å². The molecular weight excluding hydrogens is 188 g/mol. The lowest BCUT2D eigenvalue weighted by Crippen LogP contribution is -2.15. The maximum Gasteiger partial charge on any atom is 0.165 e. The maximum atomic E-state index is 5.18. The molecule has 13 heavy (non-hydrogen) atoms. The number of thioether (sulfide) groups is 1. The van der Waals surface area contributed by atoms with E-state index in [1.165, 1.54) is 0 Å². The van der Waals surface area contributed by atoms with Gasteiger partial charge in [-0.3, -0.25) is 0 Å². The summed E-state index contributed by atoms with van der Waals surface area (Å²) in [5.41, 5.74) is 0. The Labute approximate surface area is 82.4 Å². The molecule has 1 aromatic heterocycles. The van der Waals surface area contributed by atoms with Crippen LogP contribution in [0.5, 0.6) is 0 Å². The smallest absolute Gasteiger partial charge is 0.165 e. The number of hydrogen-bond acceptors (Lipinski definition) is 4. The van der Waals surface area contributed by atoms with Crippen molar-refractivity contribution in [3.8, 4) is 0 Å².